The van der Waals surface area contributed by atoms with Crippen molar-refractivity contribution in [3.05, 3.63) is 47.5 Å². The van der Waals surface area contributed by atoms with Gasteiger partial charge in [-0.2, -0.15) is 0 Å². The van der Waals surface area contributed by atoms with Crippen LogP contribution in [0.25, 0.3) is 0 Å². The van der Waals surface area contributed by atoms with Crippen LogP contribution in [0.3, 0.4) is 0 Å². The molecule has 25 heavy (non-hydrogen) atoms. The molecule has 0 bridgehead atoms. The molecule has 0 saturated heterocycles. The summed E-state index contributed by atoms with van der Waals surface area (Å²) in [6, 6.07) is 11.2. The molecule has 0 radical (unpaired) electrons. The van der Waals surface area contributed by atoms with Crippen molar-refractivity contribution in [1.82, 2.24) is 0 Å². The lowest BCUT2D eigenvalue weighted by Crippen LogP contribution is -2.04. The average molecular weight is 344 g/mol. The highest BCUT2D eigenvalue weighted by molar-refractivity contribution is 5.98. The van der Waals surface area contributed by atoms with Crippen LogP contribution in [0, 0.1) is 0 Å². The van der Waals surface area contributed by atoms with Gasteiger partial charge in [-0.3, -0.25) is 0 Å². The standard InChI is InChI=1S/C9H9NO3.C9H11NO2/c1-6(10-11)7-2-3-8-9(4-7)13-5-12-8;1-6(10)7-2-3-8-9(4-7)12-5-11-8/h2-4,11H,5H2,1H3;2-4,6H,5,10H2,1H3/b10-6-;. The molecule has 1 atom stereocenters. The number of benzene rings is 2. The van der Waals surface area contributed by atoms with Gasteiger partial charge in [-0.05, 0) is 49.7 Å². The fraction of sp³-hybridized carbons (Fsp3) is 0.278. The van der Waals surface area contributed by atoms with Crippen LogP contribution >= 0.6 is 0 Å². The van der Waals surface area contributed by atoms with Crippen LogP contribution in [0.4, 0.5) is 0 Å². The Hall–Kier alpha value is -2.93. The molecule has 2 aromatic carbocycles. The lowest BCUT2D eigenvalue weighted by atomic mass is 10.1. The molecule has 4 rings (SSSR count). The van der Waals surface area contributed by atoms with Crippen molar-refractivity contribution in [3.63, 3.8) is 0 Å². The Labute approximate surface area is 145 Å². The van der Waals surface area contributed by atoms with Crippen molar-refractivity contribution < 1.29 is 24.2 Å². The zero-order valence-corrected chi connectivity index (χ0v) is 14.1. The summed E-state index contributed by atoms with van der Waals surface area (Å²) in [6.07, 6.45) is 0. The van der Waals surface area contributed by atoms with Gasteiger partial charge in [0, 0.05) is 11.6 Å². The second-order valence-corrected chi connectivity index (χ2v) is 5.65. The van der Waals surface area contributed by atoms with E-state index in [0.29, 0.717) is 18.3 Å². The third-order valence-corrected chi connectivity index (χ3v) is 3.86. The van der Waals surface area contributed by atoms with Crippen LogP contribution in [-0.2, 0) is 0 Å². The van der Waals surface area contributed by atoms with Crippen LogP contribution in [0.15, 0.2) is 41.6 Å². The summed E-state index contributed by atoms with van der Waals surface area (Å²) >= 11 is 0. The molecule has 7 heteroatoms. The minimum atomic E-state index is 0.0412. The predicted molar refractivity (Wildman–Crippen MR) is 91.7 cm³/mol. The summed E-state index contributed by atoms with van der Waals surface area (Å²) in [5.41, 5.74) is 8.16. The molecule has 2 aliphatic rings. The van der Waals surface area contributed by atoms with Crippen molar-refractivity contribution >= 4 is 5.71 Å². The number of rotatable bonds is 2. The third-order valence-electron chi connectivity index (χ3n) is 3.86. The van der Waals surface area contributed by atoms with E-state index in [-0.39, 0.29) is 12.8 Å². The monoisotopic (exact) mass is 344 g/mol. The fourth-order valence-electron chi connectivity index (χ4n) is 2.38. The molecule has 2 heterocycles. The molecule has 3 N–H and O–H groups in total. The van der Waals surface area contributed by atoms with E-state index in [1.807, 2.05) is 31.2 Å². The quantitative estimate of drug-likeness (QED) is 0.494. The molecule has 0 aromatic heterocycles. The van der Waals surface area contributed by atoms with Crippen LogP contribution < -0.4 is 24.7 Å². The van der Waals surface area contributed by atoms with Crippen molar-refractivity contribution in [2.24, 2.45) is 10.9 Å². The number of oxime groups is 1. The van der Waals surface area contributed by atoms with Gasteiger partial charge in [0.15, 0.2) is 23.0 Å². The summed E-state index contributed by atoms with van der Waals surface area (Å²) < 4.78 is 20.7. The number of fused-ring (bicyclic) bond motifs is 2. The zero-order valence-electron chi connectivity index (χ0n) is 14.1. The number of hydrogen-bond donors (Lipinski definition) is 2. The zero-order chi connectivity index (χ0) is 17.8. The average Bonchev–Trinajstić information content (AvgIpc) is 3.28. The molecule has 7 nitrogen and oxygen atoms in total. The van der Waals surface area contributed by atoms with E-state index in [1.54, 1.807) is 19.1 Å². The van der Waals surface area contributed by atoms with Crippen molar-refractivity contribution in [1.29, 1.82) is 0 Å². The largest absolute Gasteiger partial charge is 0.454 e. The predicted octanol–water partition coefficient (Wildman–Crippen LogP) is 3.05. The Kier molecular flexibility index (Phi) is 4.95. The topological polar surface area (TPSA) is 95.5 Å². The second-order valence-electron chi connectivity index (χ2n) is 5.65. The summed E-state index contributed by atoms with van der Waals surface area (Å²) in [6.45, 7) is 4.24. The van der Waals surface area contributed by atoms with Crippen LogP contribution in [0.1, 0.15) is 31.0 Å². The summed E-state index contributed by atoms with van der Waals surface area (Å²) in [4.78, 5) is 0. The van der Waals surface area contributed by atoms with E-state index in [1.165, 1.54) is 0 Å². The first-order valence-corrected chi connectivity index (χ1v) is 7.82. The van der Waals surface area contributed by atoms with Gasteiger partial charge in [0.25, 0.3) is 0 Å². The maximum absolute atomic E-state index is 8.55. The van der Waals surface area contributed by atoms with Gasteiger partial charge in [-0.15, -0.1) is 0 Å². The van der Waals surface area contributed by atoms with Gasteiger partial charge >= 0.3 is 0 Å². The molecule has 0 amide bonds. The summed E-state index contributed by atoms with van der Waals surface area (Å²) in [7, 11) is 0. The van der Waals surface area contributed by atoms with Gasteiger partial charge in [0.1, 0.15) is 0 Å². The molecule has 1 unspecified atom stereocenters. The number of hydrogen-bond acceptors (Lipinski definition) is 7. The first-order chi connectivity index (χ1) is 12.1. The van der Waals surface area contributed by atoms with Crippen molar-refractivity contribution in [2.45, 2.75) is 19.9 Å². The van der Waals surface area contributed by atoms with E-state index < -0.39 is 0 Å². The van der Waals surface area contributed by atoms with Crippen LogP contribution in [0.5, 0.6) is 23.0 Å². The van der Waals surface area contributed by atoms with Gasteiger partial charge in [-0.25, -0.2) is 0 Å². The van der Waals surface area contributed by atoms with Gasteiger partial charge < -0.3 is 29.9 Å². The first-order valence-electron chi connectivity index (χ1n) is 7.82. The van der Waals surface area contributed by atoms with E-state index >= 15 is 0 Å². The minimum Gasteiger partial charge on any atom is -0.454 e. The molecule has 0 fully saturated rings. The Bertz CT molecular complexity index is 789. The smallest absolute Gasteiger partial charge is 0.231 e. The Balaban J connectivity index is 0.000000146. The lowest BCUT2D eigenvalue weighted by molar-refractivity contribution is 0.173. The maximum atomic E-state index is 8.55. The highest BCUT2D eigenvalue weighted by Crippen LogP contribution is 2.34. The summed E-state index contributed by atoms with van der Waals surface area (Å²) in [5.74, 6) is 3.03. The number of nitrogens with zero attached hydrogens (tertiary/aromatic N) is 1. The van der Waals surface area contributed by atoms with Crippen LogP contribution in [0.2, 0.25) is 0 Å². The number of nitrogens with two attached hydrogens (primary N) is 1. The highest BCUT2D eigenvalue weighted by Gasteiger charge is 2.14. The molecule has 132 valence electrons. The second kappa shape index (κ2) is 7.31. The Morgan fingerprint density at radius 3 is 2.12 bits per heavy atom. The molecule has 0 aliphatic carbocycles. The molecular weight excluding hydrogens is 324 g/mol. The van der Waals surface area contributed by atoms with E-state index in [4.69, 9.17) is 29.9 Å². The van der Waals surface area contributed by atoms with E-state index in [9.17, 15) is 0 Å². The van der Waals surface area contributed by atoms with Gasteiger partial charge in [0.05, 0.1) is 5.71 Å². The highest BCUT2D eigenvalue weighted by atomic mass is 16.7. The maximum Gasteiger partial charge on any atom is 0.231 e. The molecule has 0 saturated carbocycles. The van der Waals surface area contributed by atoms with Crippen molar-refractivity contribution in [2.75, 3.05) is 13.6 Å². The first kappa shape index (κ1) is 16.9. The van der Waals surface area contributed by atoms with Gasteiger partial charge in [-0.1, -0.05) is 11.2 Å². The van der Waals surface area contributed by atoms with Crippen LogP contribution in [-0.4, -0.2) is 24.5 Å². The minimum absolute atomic E-state index is 0.0412. The van der Waals surface area contributed by atoms with Crippen molar-refractivity contribution in [3.8, 4) is 23.0 Å². The molecular formula is C18H20N2O5. The lowest BCUT2D eigenvalue weighted by Gasteiger charge is -2.05. The molecule has 2 aliphatic heterocycles. The Morgan fingerprint density at radius 2 is 1.52 bits per heavy atom. The van der Waals surface area contributed by atoms with E-state index in [2.05, 4.69) is 5.16 Å². The molecule has 2 aromatic rings. The summed E-state index contributed by atoms with van der Waals surface area (Å²) in [5, 5.41) is 11.7. The third kappa shape index (κ3) is 3.77. The normalized spacial score (nSPS) is 15.4. The molecule has 0 spiro atoms. The number of ether oxygens (including phenoxy) is 4. The fourth-order valence-corrected chi connectivity index (χ4v) is 2.38. The van der Waals surface area contributed by atoms with E-state index in [0.717, 1.165) is 28.4 Å². The SMILES string of the molecule is C/C(=N/O)c1ccc2c(c1)OCO2.CC(N)c1ccc2c(c1)OCO2. The van der Waals surface area contributed by atoms with Gasteiger partial charge in [0.2, 0.25) is 13.6 Å². The Morgan fingerprint density at radius 1 is 0.960 bits per heavy atom.